The molecule has 0 radical (unpaired) electrons. The second-order valence-electron chi connectivity index (χ2n) is 17.0. The molecular formula is C46H52O5. The van der Waals surface area contributed by atoms with Crippen LogP contribution >= 0.6 is 0 Å². The van der Waals surface area contributed by atoms with Crippen LogP contribution in [0.4, 0.5) is 0 Å². The first kappa shape index (κ1) is 35.9. The molecule has 1 aliphatic carbocycles. The lowest BCUT2D eigenvalue weighted by Crippen LogP contribution is -2.13. The van der Waals surface area contributed by atoms with E-state index >= 15 is 0 Å². The zero-order valence-electron chi connectivity index (χ0n) is 31.5. The maximum atomic E-state index is 11.8. The molecule has 10 bridgehead atoms. The van der Waals surface area contributed by atoms with E-state index in [1.807, 2.05) is 81.4 Å². The number of rotatable bonds is 0. The lowest BCUT2D eigenvalue weighted by molar-refractivity contribution is 0.450. The van der Waals surface area contributed by atoms with Crippen LogP contribution in [0, 0.1) is 20.8 Å². The largest absolute Gasteiger partial charge is 0.507 e. The molecule has 266 valence electrons. The highest BCUT2D eigenvalue weighted by Crippen LogP contribution is 2.41. The van der Waals surface area contributed by atoms with Gasteiger partial charge in [-0.15, -0.1) is 0 Å². The SMILES string of the molecule is Cc1cc2c(O)c(c1)Cc1cc(C(C)(C)C)cc(c1O)Cc1cc(C)cc(c1O)Cc1cc(C(C)(C)C)cc(c1O)Cc1cc(C)cc(c1O)C2. The molecule has 51 heavy (non-hydrogen) atoms. The maximum Gasteiger partial charge on any atom is 0.122 e. The summed E-state index contributed by atoms with van der Waals surface area (Å²) in [4.78, 5) is 0. The van der Waals surface area contributed by atoms with E-state index in [0.717, 1.165) is 27.8 Å². The highest BCUT2D eigenvalue weighted by atomic mass is 16.3. The van der Waals surface area contributed by atoms with Gasteiger partial charge in [0, 0.05) is 32.1 Å². The molecule has 0 aliphatic heterocycles. The van der Waals surface area contributed by atoms with E-state index in [9.17, 15) is 25.5 Å². The Morgan fingerprint density at radius 2 is 0.471 bits per heavy atom. The summed E-state index contributed by atoms with van der Waals surface area (Å²) in [5, 5.41) is 59.0. The average Bonchev–Trinajstić information content (AvgIpc) is 3.02. The highest BCUT2D eigenvalue weighted by Gasteiger charge is 2.25. The maximum absolute atomic E-state index is 11.8. The number of phenols is 5. The second-order valence-corrected chi connectivity index (χ2v) is 17.0. The van der Waals surface area contributed by atoms with Crippen molar-refractivity contribution < 1.29 is 25.5 Å². The predicted octanol–water partition coefficient (Wildman–Crippen LogP) is 10.0. The van der Waals surface area contributed by atoms with E-state index in [2.05, 4.69) is 41.5 Å². The highest BCUT2D eigenvalue weighted by molar-refractivity contribution is 5.58. The second kappa shape index (κ2) is 13.0. The topological polar surface area (TPSA) is 101 Å². The minimum absolute atomic E-state index is 0.140. The minimum atomic E-state index is -0.224. The number of phenolic OH excluding ortho intramolecular Hbond substituents is 5. The van der Waals surface area contributed by atoms with Gasteiger partial charge in [0.1, 0.15) is 28.7 Å². The molecule has 0 fully saturated rings. The van der Waals surface area contributed by atoms with Crippen molar-refractivity contribution in [1.82, 2.24) is 0 Å². The van der Waals surface area contributed by atoms with E-state index in [1.54, 1.807) is 0 Å². The number of benzene rings is 5. The molecule has 5 nitrogen and oxygen atoms in total. The van der Waals surface area contributed by atoms with Crippen LogP contribution in [0.2, 0.25) is 0 Å². The Labute approximate surface area is 302 Å². The van der Waals surface area contributed by atoms with E-state index in [4.69, 9.17) is 0 Å². The Balaban J connectivity index is 1.65. The van der Waals surface area contributed by atoms with Gasteiger partial charge < -0.3 is 25.5 Å². The number of fused-ring (bicyclic) bond motifs is 10. The molecule has 0 saturated heterocycles. The van der Waals surface area contributed by atoms with Gasteiger partial charge in [-0.05, 0) is 98.4 Å². The van der Waals surface area contributed by atoms with Crippen molar-refractivity contribution in [1.29, 1.82) is 0 Å². The molecule has 0 saturated carbocycles. The van der Waals surface area contributed by atoms with E-state index in [1.165, 1.54) is 0 Å². The van der Waals surface area contributed by atoms with E-state index in [-0.39, 0.29) is 39.6 Å². The summed E-state index contributed by atoms with van der Waals surface area (Å²) in [5.41, 5.74) is 11.5. The van der Waals surface area contributed by atoms with Crippen LogP contribution in [0.1, 0.15) is 125 Å². The lowest BCUT2D eigenvalue weighted by Gasteiger charge is -2.24. The number of aryl methyl sites for hydroxylation is 3. The summed E-state index contributed by atoms with van der Waals surface area (Å²) in [7, 11) is 0. The van der Waals surface area contributed by atoms with Crippen LogP contribution in [0.3, 0.4) is 0 Å². The Morgan fingerprint density at radius 1 is 0.314 bits per heavy atom. The first-order valence-electron chi connectivity index (χ1n) is 17.9. The van der Waals surface area contributed by atoms with Crippen LogP contribution in [0.15, 0.2) is 60.7 Å². The molecule has 5 aromatic carbocycles. The summed E-state index contributed by atoms with van der Waals surface area (Å²) in [6.45, 7) is 18.8. The summed E-state index contributed by atoms with van der Waals surface area (Å²) >= 11 is 0. The quantitative estimate of drug-likeness (QED) is 0.110. The van der Waals surface area contributed by atoms with Crippen LogP contribution in [-0.2, 0) is 42.9 Å². The van der Waals surface area contributed by atoms with Gasteiger partial charge >= 0.3 is 0 Å². The molecule has 5 heteroatoms. The molecule has 5 N–H and O–H groups in total. The molecule has 0 amide bonds. The van der Waals surface area contributed by atoms with Gasteiger partial charge in [0.05, 0.1) is 0 Å². The van der Waals surface area contributed by atoms with Gasteiger partial charge in [-0.1, -0.05) is 119 Å². The minimum Gasteiger partial charge on any atom is -0.507 e. The summed E-state index contributed by atoms with van der Waals surface area (Å²) in [5.74, 6) is 0.703. The summed E-state index contributed by atoms with van der Waals surface area (Å²) in [6, 6.07) is 19.8. The Morgan fingerprint density at radius 3 is 0.627 bits per heavy atom. The van der Waals surface area contributed by atoms with E-state index in [0.29, 0.717) is 87.7 Å². The van der Waals surface area contributed by atoms with Gasteiger partial charge in [0.2, 0.25) is 0 Å². The Bertz CT molecular complexity index is 2020. The molecule has 5 aromatic rings. The molecule has 0 aromatic heterocycles. The molecule has 0 atom stereocenters. The van der Waals surface area contributed by atoms with Crippen molar-refractivity contribution in [2.45, 2.75) is 105 Å². The van der Waals surface area contributed by atoms with Crippen LogP contribution in [0.25, 0.3) is 0 Å². The Kier molecular flexibility index (Phi) is 9.16. The van der Waals surface area contributed by atoms with Crippen LogP contribution in [-0.4, -0.2) is 25.5 Å². The third kappa shape index (κ3) is 7.30. The lowest BCUT2D eigenvalue weighted by atomic mass is 9.82. The zero-order chi connectivity index (χ0) is 37.2. The van der Waals surface area contributed by atoms with E-state index < -0.39 is 0 Å². The van der Waals surface area contributed by atoms with Gasteiger partial charge in [0.15, 0.2) is 0 Å². The number of hydrogen-bond donors (Lipinski definition) is 5. The molecule has 1 aliphatic rings. The molecule has 6 rings (SSSR count). The predicted molar refractivity (Wildman–Crippen MR) is 206 cm³/mol. The summed E-state index contributed by atoms with van der Waals surface area (Å²) < 4.78 is 0. The van der Waals surface area contributed by atoms with Crippen molar-refractivity contribution >= 4 is 0 Å². The molecule has 0 unspecified atom stereocenters. The van der Waals surface area contributed by atoms with Crippen molar-refractivity contribution in [3.05, 3.63) is 144 Å². The fourth-order valence-corrected chi connectivity index (χ4v) is 7.56. The van der Waals surface area contributed by atoms with Gasteiger partial charge in [0.25, 0.3) is 0 Å². The fraction of sp³-hybridized carbons (Fsp3) is 0.348. The third-order valence-corrected chi connectivity index (χ3v) is 10.4. The zero-order valence-corrected chi connectivity index (χ0v) is 31.5. The van der Waals surface area contributed by atoms with Crippen LogP contribution in [0.5, 0.6) is 28.7 Å². The first-order valence-corrected chi connectivity index (χ1v) is 17.9. The van der Waals surface area contributed by atoms with Gasteiger partial charge in [-0.3, -0.25) is 0 Å². The van der Waals surface area contributed by atoms with Crippen molar-refractivity contribution in [2.24, 2.45) is 0 Å². The fourth-order valence-electron chi connectivity index (χ4n) is 7.56. The number of hydrogen-bond acceptors (Lipinski definition) is 5. The van der Waals surface area contributed by atoms with Crippen molar-refractivity contribution in [3.8, 4) is 28.7 Å². The van der Waals surface area contributed by atoms with Crippen molar-refractivity contribution in [3.63, 3.8) is 0 Å². The standard InChI is InChI=1S/C46H52O5/c1-25-10-28-16-29-11-26(2)13-31(41(29)48)18-35-22-39(46(7,8)9)24-37(44(35)51)20-33-15-27(3)14-32(42(33)49)19-36-23-38(45(4,5)6)21-34(43(36)50)17-30(12-25)40(28)47/h10-15,21-24,47-51H,16-20H2,1-9H3. The molecular weight excluding hydrogens is 633 g/mol. The van der Waals surface area contributed by atoms with Crippen LogP contribution < -0.4 is 0 Å². The number of aromatic hydroxyl groups is 5. The normalized spacial score (nSPS) is 13.6. The third-order valence-electron chi connectivity index (χ3n) is 10.4. The van der Waals surface area contributed by atoms with Gasteiger partial charge in [-0.25, -0.2) is 0 Å². The monoisotopic (exact) mass is 684 g/mol. The Hall–Kier alpha value is -4.90. The summed E-state index contributed by atoms with van der Waals surface area (Å²) in [6.07, 6.45) is 1.54. The molecule has 0 heterocycles. The first-order chi connectivity index (χ1) is 23.8. The average molecular weight is 685 g/mol. The smallest absolute Gasteiger partial charge is 0.122 e. The van der Waals surface area contributed by atoms with Gasteiger partial charge in [-0.2, -0.15) is 0 Å². The van der Waals surface area contributed by atoms with Crippen molar-refractivity contribution in [2.75, 3.05) is 0 Å². The molecule has 0 spiro atoms.